The Balaban J connectivity index is -0.000000287. The van der Waals surface area contributed by atoms with Crippen molar-refractivity contribution in [2.24, 2.45) is 75.9 Å². The number of cyclic esters (lactones) is 3. The van der Waals surface area contributed by atoms with Gasteiger partial charge >= 0.3 is 35.8 Å². The van der Waals surface area contributed by atoms with Crippen LogP contribution in [-0.4, -0.2) is 72.6 Å². The molecule has 12 atom stereocenters. The van der Waals surface area contributed by atoms with E-state index in [0.717, 1.165) is 49.7 Å². The van der Waals surface area contributed by atoms with Crippen molar-refractivity contribution in [3.63, 3.8) is 0 Å². The van der Waals surface area contributed by atoms with Gasteiger partial charge in [-0.15, -0.1) is 0 Å². The molecule has 0 radical (unpaired) electrons. The van der Waals surface area contributed by atoms with Gasteiger partial charge in [-0.05, 0) is 221 Å². The fourth-order valence-electron chi connectivity index (χ4n) is 15.5. The van der Waals surface area contributed by atoms with Crippen molar-refractivity contribution in [3.05, 3.63) is 65.7 Å². The largest absolute Gasteiger partial charge is 0.465 e. The first-order chi connectivity index (χ1) is 37.7. The summed E-state index contributed by atoms with van der Waals surface area (Å²) in [6.45, 7) is 28.7. The first-order valence-corrected chi connectivity index (χ1v) is 30.8. The Morgan fingerprint density at radius 1 is 0.663 bits per heavy atom. The standard InChI is InChI=1S/C26H40O6.C22H30O2.C19H28O5.12CH4/c1-6-25(5,15-24(3,4)22(28)31-20-8-9-30-21(20)27)23(29)32-26(7-2)18-11-16-10-17(13-18)14-19(26)12-16;1-5-19(16-17(3)20-10-8-7-9-11-20)21-12-14-22(15-13-21)24-18(4)23-6-2;1-9-11-6-14(15(7-11)18(22)24-19(3,4)5)12(9)8-13-10(2)16(20)23-17(13)21;;;;;;;;;;;;/h16-20H,6-15H2,1-5H3;7-15,17-19H,5-6,16H2,1-4H3;9-15H,6-8H2,1-5H3;12*1H4. The Bertz CT molecular complexity index is 2420. The summed E-state index contributed by atoms with van der Waals surface area (Å²) in [5, 5.41) is 0. The van der Waals surface area contributed by atoms with Crippen molar-refractivity contribution in [2.75, 3.05) is 13.2 Å². The maximum absolute atomic E-state index is 13.7. The first-order valence-electron chi connectivity index (χ1n) is 30.8. The summed E-state index contributed by atoms with van der Waals surface area (Å²) in [6, 6.07) is 19.3. The molecule has 2 aromatic rings. The predicted molar refractivity (Wildman–Crippen MR) is 386 cm³/mol. The van der Waals surface area contributed by atoms with E-state index < -0.39 is 46.4 Å². The molecule has 12 unspecified atom stereocenters. The second-order valence-electron chi connectivity index (χ2n) is 27.1. The topological polar surface area (TPSA) is 167 Å². The van der Waals surface area contributed by atoms with Gasteiger partial charge in [0.05, 0.1) is 35.2 Å². The number of carbonyl (C=O) groups excluding carboxylic acids is 6. The number of hydrogen-bond donors (Lipinski definition) is 0. The molecule has 0 N–H and O–H groups in total. The summed E-state index contributed by atoms with van der Waals surface area (Å²) >= 11 is 0. The average Bonchev–Trinajstić information content (AvgIpc) is 0.849. The Kier molecular flexibility index (Phi) is 44.1. The zero-order valence-electron chi connectivity index (χ0n) is 51.0. The van der Waals surface area contributed by atoms with Crippen LogP contribution >= 0.6 is 0 Å². The van der Waals surface area contributed by atoms with E-state index in [1.807, 2.05) is 48.5 Å². The number of benzene rings is 2. The van der Waals surface area contributed by atoms with E-state index in [2.05, 4.69) is 82.3 Å². The van der Waals surface area contributed by atoms with E-state index in [4.69, 9.17) is 33.2 Å². The molecule has 6 bridgehead atoms. The lowest BCUT2D eigenvalue weighted by molar-refractivity contribution is -0.220. The van der Waals surface area contributed by atoms with Crippen LogP contribution in [0.25, 0.3) is 0 Å². The molecule has 10 rings (SSSR count). The number of carbonyl (C=O) groups is 6. The van der Waals surface area contributed by atoms with Gasteiger partial charge in [0.1, 0.15) is 17.0 Å². The van der Waals surface area contributed by atoms with E-state index in [0.29, 0.717) is 67.8 Å². The molecule has 13 heteroatoms. The van der Waals surface area contributed by atoms with Gasteiger partial charge in [0, 0.05) is 13.0 Å². The number of esters is 6. The molecule has 92 heavy (non-hydrogen) atoms. The Morgan fingerprint density at radius 3 is 1.66 bits per heavy atom. The molecule has 2 aromatic carbocycles. The molecule has 13 nitrogen and oxygen atoms in total. The lowest BCUT2D eigenvalue weighted by Crippen LogP contribution is -2.60. The lowest BCUT2D eigenvalue weighted by atomic mass is 9.49. The monoisotopic (exact) mass is 1300 g/mol. The smallest absolute Gasteiger partial charge is 0.347 e. The van der Waals surface area contributed by atoms with Gasteiger partial charge in [-0.3, -0.25) is 24.0 Å². The van der Waals surface area contributed by atoms with E-state index in [1.54, 1.807) is 20.8 Å². The summed E-state index contributed by atoms with van der Waals surface area (Å²) in [7, 11) is 0. The van der Waals surface area contributed by atoms with Crippen LogP contribution in [0.4, 0.5) is 0 Å². The minimum absolute atomic E-state index is 0. The number of ether oxygens (including phenoxy) is 7. The second-order valence-corrected chi connectivity index (χ2v) is 27.1. The molecule has 0 aromatic heterocycles. The van der Waals surface area contributed by atoms with Crippen molar-refractivity contribution in [3.8, 4) is 5.75 Å². The van der Waals surface area contributed by atoms with Gasteiger partial charge in [0.2, 0.25) is 6.10 Å². The Hall–Kier alpha value is -4.78. The first kappa shape index (κ1) is 98.3. The minimum atomic E-state index is -0.921. The SMILES string of the molecule is C.C.C.C.C.C.C.C.C.C.C.C.CC1C(=O)OC(=O)C1CC1C(C)C2CC(C(=O)OC(C)(C)C)C1C2.CCC(C)(CC(C)(C)C(=O)OC1CCOC1=O)C(=O)OC1(CC)C2CC3CC(C2)CC1C3.CCOC(C)Oc1ccc(C(CC)CC(C)c2ccccc2)cc1. The van der Waals surface area contributed by atoms with Crippen LogP contribution in [0.15, 0.2) is 54.6 Å². The molecule has 2 saturated heterocycles. The summed E-state index contributed by atoms with van der Waals surface area (Å²) in [5.41, 5.74) is 0.263. The van der Waals surface area contributed by atoms with Crippen LogP contribution < -0.4 is 4.74 Å². The van der Waals surface area contributed by atoms with Crippen LogP contribution in [0.2, 0.25) is 0 Å². The van der Waals surface area contributed by atoms with Crippen LogP contribution in [0.3, 0.4) is 0 Å². The van der Waals surface area contributed by atoms with E-state index in [1.165, 1.54) is 43.2 Å². The molecular weight excluding hydrogens is 1160 g/mol. The van der Waals surface area contributed by atoms with Crippen molar-refractivity contribution < 1.29 is 61.9 Å². The zero-order valence-corrected chi connectivity index (χ0v) is 51.0. The molecule has 0 amide bonds. The second kappa shape index (κ2) is 41.2. The van der Waals surface area contributed by atoms with Gasteiger partial charge in [-0.2, -0.15) is 0 Å². The third kappa shape index (κ3) is 23.0. The molecule has 8 fully saturated rings. The molecule has 2 aliphatic heterocycles. The number of fused-ring (bicyclic) bond motifs is 2. The van der Waals surface area contributed by atoms with Crippen molar-refractivity contribution in [2.45, 2.75) is 311 Å². The fraction of sp³-hybridized carbons (Fsp3) is 0.772. The molecular formula is C79H146O13. The summed E-state index contributed by atoms with van der Waals surface area (Å²) < 4.78 is 38.5. The third-order valence-corrected chi connectivity index (χ3v) is 20.0. The zero-order chi connectivity index (χ0) is 58.5. The Morgan fingerprint density at radius 2 is 1.22 bits per heavy atom. The molecule has 0 spiro atoms. The van der Waals surface area contributed by atoms with Crippen LogP contribution in [0.5, 0.6) is 5.75 Å². The molecule has 6 saturated carbocycles. The van der Waals surface area contributed by atoms with Crippen LogP contribution in [0.1, 0.15) is 299 Å². The minimum Gasteiger partial charge on any atom is -0.465 e. The highest BCUT2D eigenvalue weighted by Crippen LogP contribution is 2.62. The van der Waals surface area contributed by atoms with E-state index in [9.17, 15) is 28.8 Å². The number of rotatable bonds is 20. The predicted octanol–water partition coefficient (Wildman–Crippen LogP) is 21.6. The van der Waals surface area contributed by atoms with Gasteiger partial charge in [0.25, 0.3) is 0 Å². The van der Waals surface area contributed by atoms with Crippen molar-refractivity contribution in [1.82, 2.24) is 0 Å². The maximum Gasteiger partial charge on any atom is 0.347 e. The van der Waals surface area contributed by atoms with Gasteiger partial charge < -0.3 is 33.2 Å². The third-order valence-electron chi connectivity index (χ3n) is 20.0. The highest BCUT2D eigenvalue weighted by molar-refractivity contribution is 5.96. The van der Waals surface area contributed by atoms with Gasteiger partial charge in [-0.25, -0.2) is 4.79 Å². The average molecular weight is 1300 g/mol. The molecule has 6 aliphatic carbocycles. The quantitative estimate of drug-likeness (QED) is 0.0532. The van der Waals surface area contributed by atoms with E-state index >= 15 is 0 Å². The molecule has 2 heterocycles. The highest BCUT2D eigenvalue weighted by atomic mass is 16.7. The van der Waals surface area contributed by atoms with Crippen molar-refractivity contribution >= 4 is 35.8 Å². The van der Waals surface area contributed by atoms with Gasteiger partial charge in [-0.1, -0.05) is 173 Å². The highest BCUT2D eigenvalue weighted by Gasteiger charge is 2.60. The maximum atomic E-state index is 13.7. The Labute approximate surface area is 567 Å². The molecule has 8 aliphatic rings. The fourth-order valence-corrected chi connectivity index (χ4v) is 15.5. The van der Waals surface area contributed by atoms with Crippen LogP contribution in [-0.2, 0) is 57.2 Å². The summed E-state index contributed by atoms with van der Waals surface area (Å²) in [6.07, 6.45) is 12.1. The summed E-state index contributed by atoms with van der Waals surface area (Å²) in [5.74, 6) is 3.25. The lowest BCUT2D eigenvalue weighted by Gasteiger charge is -2.60. The normalized spacial score (nSPS) is 27.8. The van der Waals surface area contributed by atoms with Crippen molar-refractivity contribution in [1.29, 1.82) is 0 Å². The van der Waals surface area contributed by atoms with Crippen LogP contribution in [0, 0.1) is 75.9 Å². The molecule has 540 valence electrons. The summed E-state index contributed by atoms with van der Waals surface area (Å²) in [4.78, 5) is 74.5. The number of hydrogen-bond acceptors (Lipinski definition) is 13. The van der Waals surface area contributed by atoms with Gasteiger partial charge in [0.15, 0.2) is 6.29 Å². The van der Waals surface area contributed by atoms with E-state index in [-0.39, 0.29) is 149 Å².